The lowest BCUT2D eigenvalue weighted by Gasteiger charge is -2.43. The standard InChI is InChI=1S/C11H23NO2/c1-11(7-5-4-6-8-11)12(9-13-2)10-14-3/h4-10H2,1-3H3. The molecule has 14 heavy (non-hydrogen) atoms. The molecular weight excluding hydrogens is 178 g/mol. The van der Waals surface area contributed by atoms with Gasteiger partial charge in [0.15, 0.2) is 0 Å². The summed E-state index contributed by atoms with van der Waals surface area (Å²) >= 11 is 0. The van der Waals surface area contributed by atoms with Crippen LogP contribution >= 0.6 is 0 Å². The van der Waals surface area contributed by atoms with Gasteiger partial charge in [0.05, 0.1) is 0 Å². The Bertz CT molecular complexity index is 149. The van der Waals surface area contributed by atoms with Crippen LogP contribution in [0.2, 0.25) is 0 Å². The summed E-state index contributed by atoms with van der Waals surface area (Å²) in [6.07, 6.45) is 6.57. The number of hydrogen-bond acceptors (Lipinski definition) is 3. The van der Waals surface area contributed by atoms with E-state index in [-0.39, 0.29) is 5.54 Å². The fraction of sp³-hybridized carbons (Fsp3) is 1.00. The molecule has 1 aliphatic carbocycles. The van der Waals surface area contributed by atoms with Crippen molar-refractivity contribution >= 4 is 0 Å². The summed E-state index contributed by atoms with van der Waals surface area (Å²) in [5.41, 5.74) is 0.282. The van der Waals surface area contributed by atoms with Crippen LogP contribution in [0.4, 0.5) is 0 Å². The molecule has 3 heteroatoms. The van der Waals surface area contributed by atoms with E-state index >= 15 is 0 Å². The third-order valence-corrected chi connectivity index (χ3v) is 3.26. The largest absolute Gasteiger partial charge is 0.369 e. The highest BCUT2D eigenvalue weighted by Crippen LogP contribution is 2.32. The van der Waals surface area contributed by atoms with Crippen LogP contribution in [-0.2, 0) is 9.47 Å². The minimum atomic E-state index is 0.282. The summed E-state index contributed by atoms with van der Waals surface area (Å²) in [6, 6.07) is 0. The second kappa shape index (κ2) is 5.69. The molecule has 0 heterocycles. The molecule has 1 saturated carbocycles. The Kier molecular flexibility index (Phi) is 4.85. The van der Waals surface area contributed by atoms with Crippen molar-refractivity contribution in [2.45, 2.75) is 44.6 Å². The summed E-state index contributed by atoms with van der Waals surface area (Å²) in [6.45, 7) is 3.67. The third-order valence-electron chi connectivity index (χ3n) is 3.26. The molecular formula is C11H23NO2. The van der Waals surface area contributed by atoms with Gasteiger partial charge in [-0.1, -0.05) is 19.3 Å². The number of nitrogens with zero attached hydrogens (tertiary/aromatic N) is 1. The van der Waals surface area contributed by atoms with Gasteiger partial charge in [-0.05, 0) is 19.8 Å². The van der Waals surface area contributed by atoms with Crippen molar-refractivity contribution in [3.63, 3.8) is 0 Å². The lowest BCUT2D eigenvalue weighted by atomic mass is 9.82. The van der Waals surface area contributed by atoms with Gasteiger partial charge in [0.2, 0.25) is 0 Å². The molecule has 0 aromatic carbocycles. The molecule has 0 aromatic heterocycles. The Hall–Kier alpha value is -0.120. The van der Waals surface area contributed by atoms with E-state index in [1.165, 1.54) is 32.1 Å². The van der Waals surface area contributed by atoms with Crippen LogP contribution in [-0.4, -0.2) is 38.1 Å². The molecule has 1 rings (SSSR count). The number of hydrogen-bond donors (Lipinski definition) is 0. The van der Waals surface area contributed by atoms with E-state index in [2.05, 4.69) is 11.8 Å². The first-order valence-electron chi connectivity index (χ1n) is 5.46. The second-order valence-corrected chi connectivity index (χ2v) is 4.43. The van der Waals surface area contributed by atoms with Crippen LogP contribution in [0.5, 0.6) is 0 Å². The van der Waals surface area contributed by atoms with E-state index in [1.54, 1.807) is 14.2 Å². The monoisotopic (exact) mass is 201 g/mol. The van der Waals surface area contributed by atoms with Crippen LogP contribution in [0.1, 0.15) is 39.0 Å². The molecule has 0 N–H and O–H groups in total. The van der Waals surface area contributed by atoms with Gasteiger partial charge >= 0.3 is 0 Å². The van der Waals surface area contributed by atoms with Gasteiger partial charge < -0.3 is 9.47 Å². The first-order valence-corrected chi connectivity index (χ1v) is 5.46. The Morgan fingerprint density at radius 2 is 1.50 bits per heavy atom. The third kappa shape index (κ3) is 2.94. The fourth-order valence-electron chi connectivity index (χ4n) is 2.29. The first kappa shape index (κ1) is 12.0. The van der Waals surface area contributed by atoms with Crippen LogP contribution in [0.3, 0.4) is 0 Å². The summed E-state index contributed by atoms with van der Waals surface area (Å²) in [5.74, 6) is 0. The SMILES string of the molecule is COCN(COC)C1(C)CCCCC1. The van der Waals surface area contributed by atoms with Crippen molar-refractivity contribution in [3.8, 4) is 0 Å². The summed E-state index contributed by atoms with van der Waals surface area (Å²) in [4.78, 5) is 2.30. The van der Waals surface area contributed by atoms with Crippen molar-refractivity contribution in [1.82, 2.24) is 4.90 Å². The molecule has 0 aliphatic heterocycles. The number of ether oxygens (including phenoxy) is 2. The molecule has 0 radical (unpaired) electrons. The molecule has 0 unspecified atom stereocenters. The minimum absolute atomic E-state index is 0.282. The molecule has 1 fully saturated rings. The van der Waals surface area contributed by atoms with Crippen molar-refractivity contribution in [1.29, 1.82) is 0 Å². The molecule has 1 aliphatic rings. The van der Waals surface area contributed by atoms with Gasteiger partial charge in [0.1, 0.15) is 13.5 Å². The number of methoxy groups -OCH3 is 2. The zero-order valence-electron chi connectivity index (χ0n) is 9.71. The second-order valence-electron chi connectivity index (χ2n) is 4.43. The highest BCUT2D eigenvalue weighted by molar-refractivity contribution is 4.87. The van der Waals surface area contributed by atoms with E-state index in [9.17, 15) is 0 Å². The van der Waals surface area contributed by atoms with Crippen molar-refractivity contribution in [3.05, 3.63) is 0 Å². The lowest BCUT2D eigenvalue weighted by molar-refractivity contribution is -0.0851. The van der Waals surface area contributed by atoms with Crippen molar-refractivity contribution in [2.75, 3.05) is 27.7 Å². The minimum Gasteiger partial charge on any atom is -0.369 e. The summed E-state index contributed by atoms with van der Waals surface area (Å²) in [5, 5.41) is 0. The lowest BCUT2D eigenvalue weighted by Crippen LogP contribution is -2.49. The smallest absolute Gasteiger partial charge is 0.101 e. The quantitative estimate of drug-likeness (QED) is 0.637. The zero-order chi connectivity index (χ0) is 10.4. The highest BCUT2D eigenvalue weighted by atomic mass is 16.5. The van der Waals surface area contributed by atoms with E-state index in [0.29, 0.717) is 13.5 Å². The topological polar surface area (TPSA) is 21.7 Å². The van der Waals surface area contributed by atoms with Gasteiger partial charge in [-0.2, -0.15) is 0 Å². The summed E-state index contributed by atoms with van der Waals surface area (Å²) in [7, 11) is 3.49. The molecule has 0 atom stereocenters. The van der Waals surface area contributed by atoms with E-state index < -0.39 is 0 Å². The van der Waals surface area contributed by atoms with Gasteiger partial charge in [-0.25, -0.2) is 0 Å². The van der Waals surface area contributed by atoms with Gasteiger partial charge in [0.25, 0.3) is 0 Å². The average molecular weight is 201 g/mol. The van der Waals surface area contributed by atoms with E-state index in [4.69, 9.17) is 9.47 Å². The Labute approximate surface area is 87.4 Å². The van der Waals surface area contributed by atoms with Gasteiger partial charge in [0, 0.05) is 19.8 Å². The molecule has 3 nitrogen and oxygen atoms in total. The predicted octanol–water partition coefficient (Wildman–Crippen LogP) is 2.22. The summed E-state index contributed by atoms with van der Waals surface area (Å²) < 4.78 is 10.4. The normalized spacial score (nSPS) is 21.4. The highest BCUT2D eigenvalue weighted by Gasteiger charge is 2.32. The fourth-order valence-corrected chi connectivity index (χ4v) is 2.29. The van der Waals surface area contributed by atoms with Crippen LogP contribution in [0.15, 0.2) is 0 Å². The molecule has 0 bridgehead atoms. The number of rotatable bonds is 5. The Morgan fingerprint density at radius 3 is 1.93 bits per heavy atom. The van der Waals surface area contributed by atoms with E-state index in [1.807, 2.05) is 0 Å². The predicted molar refractivity (Wildman–Crippen MR) is 57.1 cm³/mol. The Morgan fingerprint density at radius 1 is 1.00 bits per heavy atom. The molecule has 0 aromatic rings. The molecule has 0 saturated heterocycles. The zero-order valence-corrected chi connectivity index (χ0v) is 9.71. The average Bonchev–Trinajstić information content (AvgIpc) is 2.19. The maximum absolute atomic E-state index is 5.22. The first-order chi connectivity index (χ1) is 6.73. The van der Waals surface area contributed by atoms with Crippen molar-refractivity contribution in [2.24, 2.45) is 0 Å². The molecule has 84 valence electrons. The maximum Gasteiger partial charge on any atom is 0.101 e. The van der Waals surface area contributed by atoms with Gasteiger partial charge in [-0.15, -0.1) is 0 Å². The van der Waals surface area contributed by atoms with Crippen LogP contribution in [0.25, 0.3) is 0 Å². The van der Waals surface area contributed by atoms with Crippen LogP contribution < -0.4 is 0 Å². The van der Waals surface area contributed by atoms with Crippen LogP contribution in [0, 0.1) is 0 Å². The molecule has 0 spiro atoms. The maximum atomic E-state index is 5.22. The van der Waals surface area contributed by atoms with Gasteiger partial charge in [-0.3, -0.25) is 4.90 Å². The van der Waals surface area contributed by atoms with E-state index in [0.717, 1.165) is 0 Å². The van der Waals surface area contributed by atoms with Crippen molar-refractivity contribution < 1.29 is 9.47 Å². The Balaban J connectivity index is 2.53. The molecule has 0 amide bonds.